The van der Waals surface area contributed by atoms with Gasteiger partial charge in [-0.3, -0.25) is 9.78 Å². The van der Waals surface area contributed by atoms with E-state index in [1.165, 1.54) is 0 Å². The quantitative estimate of drug-likeness (QED) is 0.741. The fraction of sp³-hybridized carbons (Fsp3) is 0.417. The van der Waals surface area contributed by atoms with Crippen molar-refractivity contribution in [2.24, 2.45) is 5.92 Å². The van der Waals surface area contributed by atoms with Gasteiger partial charge in [0.25, 0.3) is 0 Å². The second-order valence-electron chi connectivity index (χ2n) is 3.91. The summed E-state index contributed by atoms with van der Waals surface area (Å²) in [5, 5.41) is 14.0. The molecule has 0 aromatic carbocycles. The number of aliphatic carboxylic acids is 1. The van der Waals surface area contributed by atoms with E-state index in [1.807, 2.05) is 0 Å². The number of urea groups is 1. The maximum absolute atomic E-state index is 11.6. The van der Waals surface area contributed by atoms with E-state index in [0.717, 1.165) is 0 Å². The van der Waals surface area contributed by atoms with E-state index in [1.54, 1.807) is 32.2 Å². The summed E-state index contributed by atoms with van der Waals surface area (Å²) in [5.41, 5.74) is 1.32. The lowest BCUT2D eigenvalue weighted by atomic mass is 10.1. The van der Waals surface area contributed by atoms with Crippen LogP contribution in [-0.2, 0) is 4.79 Å². The molecule has 1 unspecified atom stereocenters. The molecule has 0 fully saturated rings. The van der Waals surface area contributed by atoms with Gasteiger partial charge in [-0.25, -0.2) is 4.79 Å². The molecule has 1 atom stereocenters. The van der Waals surface area contributed by atoms with Gasteiger partial charge in [-0.2, -0.15) is 0 Å². The number of carboxylic acid groups (broad SMARTS) is 1. The van der Waals surface area contributed by atoms with E-state index < -0.39 is 17.9 Å². The average Bonchev–Trinajstić information content (AvgIpc) is 2.32. The number of rotatable bonds is 5. The molecule has 2 amide bonds. The smallest absolute Gasteiger partial charge is 0.319 e. The Hall–Kier alpha value is -2.11. The monoisotopic (exact) mass is 251 g/mol. The fourth-order valence-corrected chi connectivity index (χ4v) is 1.41. The van der Waals surface area contributed by atoms with Gasteiger partial charge in [0.05, 0.1) is 17.3 Å². The predicted octanol–water partition coefficient (Wildman–Crippen LogP) is 1.62. The van der Waals surface area contributed by atoms with Crippen molar-refractivity contribution in [3.05, 3.63) is 24.0 Å². The highest BCUT2D eigenvalue weighted by molar-refractivity contribution is 5.90. The van der Waals surface area contributed by atoms with Crippen LogP contribution in [0.4, 0.5) is 10.5 Å². The summed E-state index contributed by atoms with van der Waals surface area (Å²) in [6, 6.07) is 3.02. The van der Waals surface area contributed by atoms with Crippen molar-refractivity contribution < 1.29 is 14.7 Å². The molecule has 0 aliphatic rings. The Morgan fingerprint density at radius 3 is 2.78 bits per heavy atom. The highest BCUT2D eigenvalue weighted by Gasteiger charge is 2.15. The van der Waals surface area contributed by atoms with Crippen molar-refractivity contribution in [1.82, 2.24) is 10.3 Å². The molecule has 6 heteroatoms. The molecule has 6 nitrogen and oxygen atoms in total. The predicted molar refractivity (Wildman–Crippen MR) is 67.4 cm³/mol. The van der Waals surface area contributed by atoms with Crippen LogP contribution in [0.2, 0.25) is 0 Å². The first-order chi connectivity index (χ1) is 8.54. The average molecular weight is 251 g/mol. The molecule has 0 aliphatic heterocycles. The molecule has 1 aromatic heterocycles. The third-order valence-electron chi connectivity index (χ3n) is 2.61. The number of anilines is 1. The maximum Gasteiger partial charge on any atom is 0.319 e. The number of nitrogens with zero attached hydrogens (tertiary/aromatic N) is 1. The second-order valence-corrected chi connectivity index (χ2v) is 3.91. The Balaban J connectivity index is 2.48. The van der Waals surface area contributed by atoms with Gasteiger partial charge in [0.2, 0.25) is 0 Å². The Morgan fingerprint density at radius 1 is 1.50 bits per heavy atom. The van der Waals surface area contributed by atoms with Crippen LogP contribution in [0.3, 0.4) is 0 Å². The number of hydrogen-bond donors (Lipinski definition) is 3. The summed E-state index contributed by atoms with van der Waals surface area (Å²) in [7, 11) is 0. The Kier molecular flexibility index (Phi) is 5.10. The van der Waals surface area contributed by atoms with Crippen LogP contribution >= 0.6 is 0 Å². The van der Waals surface area contributed by atoms with E-state index in [9.17, 15) is 9.59 Å². The molecule has 1 rings (SSSR count). The third kappa shape index (κ3) is 4.04. The Bertz CT molecular complexity index is 434. The molecule has 0 spiro atoms. The molecule has 3 N–H and O–H groups in total. The van der Waals surface area contributed by atoms with Crippen LogP contribution in [0.1, 0.15) is 19.0 Å². The molecule has 1 heterocycles. The SMILES string of the molecule is CCC(CNC(=O)Nc1cccnc1C)C(=O)O. The molecule has 0 saturated heterocycles. The number of carbonyl (C=O) groups excluding carboxylic acids is 1. The minimum absolute atomic E-state index is 0.108. The zero-order chi connectivity index (χ0) is 13.5. The minimum Gasteiger partial charge on any atom is -0.481 e. The first-order valence-corrected chi connectivity index (χ1v) is 5.73. The lowest BCUT2D eigenvalue weighted by Crippen LogP contribution is -2.35. The summed E-state index contributed by atoms with van der Waals surface area (Å²) >= 11 is 0. The molecule has 1 aromatic rings. The zero-order valence-electron chi connectivity index (χ0n) is 10.4. The van der Waals surface area contributed by atoms with Gasteiger partial charge in [0, 0.05) is 12.7 Å². The van der Waals surface area contributed by atoms with Crippen molar-refractivity contribution in [2.45, 2.75) is 20.3 Å². The molecule has 98 valence electrons. The Morgan fingerprint density at radius 2 is 2.22 bits per heavy atom. The van der Waals surface area contributed by atoms with Crippen LogP contribution < -0.4 is 10.6 Å². The van der Waals surface area contributed by atoms with Crippen molar-refractivity contribution in [3.8, 4) is 0 Å². The summed E-state index contributed by atoms with van der Waals surface area (Å²) in [5.74, 6) is -1.47. The minimum atomic E-state index is -0.907. The van der Waals surface area contributed by atoms with Crippen molar-refractivity contribution in [1.29, 1.82) is 0 Å². The van der Waals surface area contributed by atoms with Gasteiger partial charge >= 0.3 is 12.0 Å². The number of pyridine rings is 1. The van der Waals surface area contributed by atoms with Gasteiger partial charge in [0.1, 0.15) is 0 Å². The zero-order valence-corrected chi connectivity index (χ0v) is 10.4. The van der Waals surface area contributed by atoms with Gasteiger partial charge in [-0.1, -0.05) is 6.92 Å². The molecular weight excluding hydrogens is 234 g/mol. The normalized spacial score (nSPS) is 11.7. The summed E-state index contributed by atoms with van der Waals surface area (Å²) in [6.45, 7) is 3.66. The number of hydrogen-bond acceptors (Lipinski definition) is 3. The largest absolute Gasteiger partial charge is 0.481 e. The molecule has 18 heavy (non-hydrogen) atoms. The van der Waals surface area contributed by atoms with Gasteiger partial charge in [-0.15, -0.1) is 0 Å². The summed E-state index contributed by atoms with van der Waals surface area (Å²) in [4.78, 5) is 26.4. The van der Waals surface area contributed by atoms with E-state index in [2.05, 4.69) is 15.6 Å². The Labute approximate surface area is 105 Å². The maximum atomic E-state index is 11.6. The second kappa shape index (κ2) is 6.58. The number of aryl methyl sites for hydroxylation is 1. The summed E-state index contributed by atoms with van der Waals surface area (Å²) in [6.07, 6.45) is 2.11. The van der Waals surface area contributed by atoms with E-state index >= 15 is 0 Å². The molecule has 0 aliphatic carbocycles. The van der Waals surface area contributed by atoms with Crippen LogP contribution in [0.25, 0.3) is 0 Å². The van der Waals surface area contributed by atoms with Crippen LogP contribution in [-0.4, -0.2) is 28.6 Å². The topological polar surface area (TPSA) is 91.3 Å². The van der Waals surface area contributed by atoms with Crippen LogP contribution in [0, 0.1) is 12.8 Å². The first-order valence-electron chi connectivity index (χ1n) is 5.73. The van der Waals surface area contributed by atoms with Crippen molar-refractivity contribution >= 4 is 17.7 Å². The summed E-state index contributed by atoms with van der Waals surface area (Å²) < 4.78 is 0. The van der Waals surface area contributed by atoms with Crippen LogP contribution in [0.5, 0.6) is 0 Å². The van der Waals surface area contributed by atoms with E-state index in [4.69, 9.17) is 5.11 Å². The first kappa shape index (κ1) is 14.0. The highest BCUT2D eigenvalue weighted by Crippen LogP contribution is 2.09. The molecule has 0 saturated carbocycles. The number of carboxylic acids is 1. The number of nitrogens with one attached hydrogen (secondary N) is 2. The van der Waals surface area contributed by atoms with Crippen molar-refractivity contribution in [3.63, 3.8) is 0 Å². The van der Waals surface area contributed by atoms with Crippen LogP contribution in [0.15, 0.2) is 18.3 Å². The van der Waals surface area contributed by atoms with Gasteiger partial charge in [-0.05, 0) is 25.5 Å². The number of amides is 2. The number of aromatic nitrogens is 1. The van der Waals surface area contributed by atoms with E-state index in [0.29, 0.717) is 17.8 Å². The standard InChI is InChI=1S/C12H17N3O3/c1-3-9(11(16)17)7-14-12(18)15-10-5-4-6-13-8(10)2/h4-6,9H,3,7H2,1-2H3,(H,16,17)(H2,14,15,18). The van der Waals surface area contributed by atoms with Crippen molar-refractivity contribution in [2.75, 3.05) is 11.9 Å². The lowest BCUT2D eigenvalue weighted by Gasteiger charge is -2.12. The molecule has 0 radical (unpaired) electrons. The van der Waals surface area contributed by atoms with Gasteiger partial charge in [0.15, 0.2) is 0 Å². The van der Waals surface area contributed by atoms with Gasteiger partial charge < -0.3 is 15.7 Å². The molecule has 0 bridgehead atoms. The fourth-order valence-electron chi connectivity index (χ4n) is 1.41. The third-order valence-corrected chi connectivity index (χ3v) is 2.61. The number of carbonyl (C=O) groups is 2. The lowest BCUT2D eigenvalue weighted by molar-refractivity contribution is -0.141. The van der Waals surface area contributed by atoms with E-state index in [-0.39, 0.29) is 6.54 Å². The highest BCUT2D eigenvalue weighted by atomic mass is 16.4. The molecular formula is C12H17N3O3.